The van der Waals surface area contributed by atoms with Crippen molar-refractivity contribution in [2.75, 3.05) is 0 Å². The van der Waals surface area contributed by atoms with Gasteiger partial charge in [-0.3, -0.25) is 4.79 Å². The molecule has 1 aromatic rings. The van der Waals surface area contributed by atoms with Crippen LogP contribution in [0.2, 0.25) is 0 Å². The first-order valence-corrected chi connectivity index (χ1v) is 6.70. The molecule has 0 aromatic carbocycles. The number of nitrogens with zero attached hydrogens (tertiary/aromatic N) is 1. The Bertz CT molecular complexity index is 399. The molecule has 0 atom stereocenters. The minimum absolute atomic E-state index is 0.192. The molecule has 0 amide bonds. The van der Waals surface area contributed by atoms with E-state index in [1.165, 1.54) is 32.1 Å². The summed E-state index contributed by atoms with van der Waals surface area (Å²) in [4.78, 5) is 17.6. The summed E-state index contributed by atoms with van der Waals surface area (Å²) in [5.74, 6) is 1.05. The predicted octanol–water partition coefficient (Wildman–Crippen LogP) is 2.04. The van der Waals surface area contributed by atoms with Gasteiger partial charge in [0.05, 0.1) is 11.8 Å². The first-order valence-electron chi connectivity index (χ1n) is 5.65. The van der Waals surface area contributed by atoms with E-state index in [4.69, 9.17) is 0 Å². The molecule has 0 spiro atoms. The van der Waals surface area contributed by atoms with Crippen LogP contribution < -0.4 is 5.56 Å². The zero-order valence-electron chi connectivity index (χ0n) is 9.11. The molecule has 0 aliphatic heterocycles. The van der Waals surface area contributed by atoms with E-state index in [9.17, 15) is 9.90 Å². The van der Waals surface area contributed by atoms with Crippen LogP contribution in [0.15, 0.2) is 10.9 Å². The fourth-order valence-corrected chi connectivity index (χ4v) is 3.19. The number of nitrogens with one attached hydrogen (secondary N) is 1. The second-order valence-corrected chi connectivity index (χ2v) is 5.41. The van der Waals surface area contributed by atoms with E-state index < -0.39 is 0 Å². The first kappa shape index (κ1) is 11.5. The van der Waals surface area contributed by atoms with Crippen molar-refractivity contribution in [2.45, 2.75) is 43.1 Å². The maximum atomic E-state index is 11.1. The van der Waals surface area contributed by atoms with Crippen LogP contribution in [0, 0.1) is 0 Å². The highest BCUT2D eigenvalue weighted by molar-refractivity contribution is 7.99. The van der Waals surface area contributed by atoms with E-state index in [1.54, 1.807) is 0 Å². The molecule has 2 rings (SSSR count). The quantitative estimate of drug-likeness (QED) is 0.848. The van der Waals surface area contributed by atoms with Gasteiger partial charge in [-0.2, -0.15) is 16.7 Å². The molecular weight excluding hydrogens is 224 g/mol. The normalized spacial score (nSPS) is 17.5. The van der Waals surface area contributed by atoms with Gasteiger partial charge in [-0.15, -0.1) is 0 Å². The Labute approximate surface area is 98.5 Å². The van der Waals surface area contributed by atoms with E-state index in [-0.39, 0.29) is 11.4 Å². The van der Waals surface area contributed by atoms with Gasteiger partial charge in [0, 0.05) is 5.25 Å². The molecule has 1 aromatic heterocycles. The molecule has 2 N–H and O–H groups in total. The van der Waals surface area contributed by atoms with Crippen molar-refractivity contribution in [3.8, 4) is 5.88 Å². The highest BCUT2D eigenvalue weighted by Gasteiger charge is 2.14. The van der Waals surface area contributed by atoms with Crippen LogP contribution in [0.4, 0.5) is 0 Å². The zero-order valence-corrected chi connectivity index (χ0v) is 9.92. The summed E-state index contributed by atoms with van der Waals surface area (Å²) in [5.41, 5.74) is -0.285. The van der Waals surface area contributed by atoms with Crippen LogP contribution in [0.25, 0.3) is 0 Å². The van der Waals surface area contributed by atoms with Crippen LogP contribution in [0.1, 0.15) is 37.9 Å². The Morgan fingerprint density at radius 2 is 2.19 bits per heavy atom. The zero-order chi connectivity index (χ0) is 11.4. The Balaban J connectivity index is 1.90. The fourth-order valence-electron chi connectivity index (χ4n) is 1.99. The van der Waals surface area contributed by atoms with Crippen LogP contribution in [0.3, 0.4) is 0 Å². The number of aromatic amines is 1. The standard InChI is InChI=1S/C11H16N2O2S/c14-10-6-11(15)13-9(12-10)7-16-8-4-2-1-3-5-8/h6,8H,1-5,7H2,(H2,12,13,14,15). The predicted molar refractivity (Wildman–Crippen MR) is 64.7 cm³/mol. The number of aromatic nitrogens is 2. The van der Waals surface area contributed by atoms with Gasteiger partial charge in [-0.1, -0.05) is 19.3 Å². The molecule has 16 heavy (non-hydrogen) atoms. The molecule has 4 nitrogen and oxygen atoms in total. The lowest BCUT2D eigenvalue weighted by molar-refractivity contribution is 0.448. The van der Waals surface area contributed by atoms with Crippen molar-refractivity contribution in [1.82, 2.24) is 9.97 Å². The van der Waals surface area contributed by atoms with Crippen LogP contribution in [-0.4, -0.2) is 20.3 Å². The summed E-state index contributed by atoms with van der Waals surface area (Å²) < 4.78 is 0. The number of rotatable bonds is 3. The second-order valence-electron chi connectivity index (χ2n) is 4.12. The Hall–Kier alpha value is -0.970. The van der Waals surface area contributed by atoms with Gasteiger partial charge in [0.1, 0.15) is 5.82 Å². The van der Waals surface area contributed by atoms with Crippen molar-refractivity contribution < 1.29 is 5.11 Å². The summed E-state index contributed by atoms with van der Waals surface area (Å²) in [7, 11) is 0. The Kier molecular flexibility index (Phi) is 3.88. The van der Waals surface area contributed by atoms with Crippen LogP contribution >= 0.6 is 11.8 Å². The molecule has 0 saturated heterocycles. The molecule has 88 valence electrons. The number of aromatic hydroxyl groups is 1. The van der Waals surface area contributed by atoms with Crippen LogP contribution in [-0.2, 0) is 5.75 Å². The summed E-state index contributed by atoms with van der Waals surface area (Å²) in [6.07, 6.45) is 6.48. The number of thioether (sulfide) groups is 1. The lowest BCUT2D eigenvalue weighted by Gasteiger charge is -2.20. The summed E-state index contributed by atoms with van der Waals surface area (Å²) in [6, 6.07) is 1.09. The molecular formula is C11H16N2O2S. The van der Waals surface area contributed by atoms with Gasteiger partial charge in [-0.25, -0.2) is 0 Å². The largest absolute Gasteiger partial charge is 0.493 e. The third-order valence-electron chi connectivity index (χ3n) is 2.79. The average molecular weight is 240 g/mol. The molecule has 1 fully saturated rings. The van der Waals surface area contributed by atoms with E-state index in [1.807, 2.05) is 11.8 Å². The van der Waals surface area contributed by atoms with Crippen molar-refractivity contribution in [1.29, 1.82) is 0 Å². The van der Waals surface area contributed by atoms with Gasteiger partial charge >= 0.3 is 0 Å². The minimum Gasteiger partial charge on any atom is -0.493 e. The number of hydrogen-bond acceptors (Lipinski definition) is 4. The van der Waals surface area contributed by atoms with E-state index in [0.29, 0.717) is 16.8 Å². The SMILES string of the molecule is O=c1cc(O)nc(CSC2CCCCC2)[nH]1. The molecule has 0 radical (unpaired) electrons. The number of hydrogen-bond donors (Lipinski definition) is 2. The summed E-state index contributed by atoms with van der Waals surface area (Å²) in [5, 5.41) is 9.87. The maximum Gasteiger partial charge on any atom is 0.254 e. The lowest BCUT2D eigenvalue weighted by Crippen LogP contribution is -2.12. The highest BCUT2D eigenvalue weighted by Crippen LogP contribution is 2.29. The third-order valence-corrected chi connectivity index (χ3v) is 4.17. The van der Waals surface area contributed by atoms with Gasteiger partial charge < -0.3 is 10.1 Å². The van der Waals surface area contributed by atoms with Crippen molar-refractivity contribution >= 4 is 11.8 Å². The molecule has 1 saturated carbocycles. The average Bonchev–Trinajstić information content (AvgIpc) is 2.27. The first-order chi connectivity index (χ1) is 7.74. The Morgan fingerprint density at radius 1 is 1.44 bits per heavy atom. The molecule has 5 heteroatoms. The molecule has 1 aliphatic rings. The van der Waals surface area contributed by atoms with E-state index in [0.717, 1.165) is 6.07 Å². The van der Waals surface area contributed by atoms with Crippen molar-refractivity contribution in [3.05, 3.63) is 22.2 Å². The monoisotopic (exact) mass is 240 g/mol. The van der Waals surface area contributed by atoms with E-state index in [2.05, 4.69) is 9.97 Å². The number of H-pyrrole nitrogens is 1. The molecule has 1 heterocycles. The van der Waals surface area contributed by atoms with Crippen molar-refractivity contribution in [3.63, 3.8) is 0 Å². The lowest BCUT2D eigenvalue weighted by atomic mass is 10.0. The smallest absolute Gasteiger partial charge is 0.254 e. The maximum absolute atomic E-state index is 11.1. The van der Waals surface area contributed by atoms with Gasteiger partial charge in [0.25, 0.3) is 5.56 Å². The molecule has 0 bridgehead atoms. The van der Waals surface area contributed by atoms with E-state index >= 15 is 0 Å². The van der Waals surface area contributed by atoms with Crippen LogP contribution in [0.5, 0.6) is 5.88 Å². The topological polar surface area (TPSA) is 66.0 Å². The fraction of sp³-hybridized carbons (Fsp3) is 0.636. The second kappa shape index (κ2) is 5.39. The van der Waals surface area contributed by atoms with Gasteiger partial charge in [-0.05, 0) is 12.8 Å². The van der Waals surface area contributed by atoms with Gasteiger partial charge in [0.2, 0.25) is 5.88 Å². The highest BCUT2D eigenvalue weighted by atomic mass is 32.2. The molecule has 1 aliphatic carbocycles. The third kappa shape index (κ3) is 3.27. The summed E-state index contributed by atoms with van der Waals surface area (Å²) in [6.45, 7) is 0. The Morgan fingerprint density at radius 3 is 2.88 bits per heavy atom. The molecule has 0 unspecified atom stereocenters. The van der Waals surface area contributed by atoms with Crippen molar-refractivity contribution in [2.24, 2.45) is 0 Å². The summed E-state index contributed by atoms with van der Waals surface area (Å²) >= 11 is 1.82. The minimum atomic E-state index is -0.285. The van der Waals surface area contributed by atoms with Gasteiger partial charge in [0.15, 0.2) is 0 Å².